The van der Waals surface area contributed by atoms with Crippen LogP contribution in [0.25, 0.3) is 0 Å². The summed E-state index contributed by atoms with van der Waals surface area (Å²) in [6.07, 6.45) is 7.62. The van der Waals surface area contributed by atoms with Gasteiger partial charge in [0.05, 0.1) is 14.2 Å². The molecule has 0 aliphatic heterocycles. The van der Waals surface area contributed by atoms with Crippen LogP contribution in [0.15, 0.2) is 42.5 Å². The topological polar surface area (TPSA) is 50.8 Å². The van der Waals surface area contributed by atoms with Gasteiger partial charge in [-0.3, -0.25) is 4.79 Å². The van der Waals surface area contributed by atoms with Crippen LogP contribution >= 0.6 is 0 Å². The number of para-hydroxylation sites is 1. The van der Waals surface area contributed by atoms with Crippen molar-refractivity contribution in [2.24, 2.45) is 0 Å². The molecule has 0 spiro atoms. The monoisotopic (exact) mass is 410 g/mol. The van der Waals surface area contributed by atoms with Gasteiger partial charge in [0.15, 0.2) is 11.5 Å². The molecular formula is C25H34N2O3. The van der Waals surface area contributed by atoms with E-state index in [1.165, 1.54) is 37.8 Å². The summed E-state index contributed by atoms with van der Waals surface area (Å²) in [7, 11) is 5.43. The first-order valence-electron chi connectivity index (χ1n) is 10.9. The van der Waals surface area contributed by atoms with E-state index >= 15 is 0 Å². The van der Waals surface area contributed by atoms with Crippen LogP contribution in [-0.4, -0.2) is 33.2 Å². The number of methoxy groups -OCH3 is 2. The Kier molecular flexibility index (Phi) is 8.00. The highest BCUT2D eigenvalue weighted by molar-refractivity contribution is 5.76. The summed E-state index contributed by atoms with van der Waals surface area (Å²) in [6.45, 7) is 0.543. The van der Waals surface area contributed by atoms with E-state index in [2.05, 4.69) is 41.5 Å². The van der Waals surface area contributed by atoms with Gasteiger partial charge in [-0.25, -0.2) is 0 Å². The van der Waals surface area contributed by atoms with Crippen LogP contribution in [-0.2, 0) is 17.8 Å². The Bertz CT molecular complexity index is 814. The van der Waals surface area contributed by atoms with E-state index in [0.717, 1.165) is 11.1 Å². The third-order valence-electron chi connectivity index (χ3n) is 6.06. The van der Waals surface area contributed by atoms with Crippen LogP contribution in [0.2, 0.25) is 0 Å². The number of carbonyl (C=O) groups is 1. The summed E-state index contributed by atoms with van der Waals surface area (Å²) in [6, 6.07) is 14.9. The van der Waals surface area contributed by atoms with Crippen LogP contribution in [0.3, 0.4) is 0 Å². The van der Waals surface area contributed by atoms with Gasteiger partial charge in [0.2, 0.25) is 5.91 Å². The highest BCUT2D eigenvalue weighted by Gasteiger charge is 2.18. The minimum atomic E-state index is 0.0308. The minimum Gasteiger partial charge on any atom is -0.493 e. The molecule has 162 valence electrons. The number of amides is 1. The summed E-state index contributed by atoms with van der Waals surface area (Å²) in [4.78, 5) is 14.7. The van der Waals surface area contributed by atoms with Crippen molar-refractivity contribution < 1.29 is 14.3 Å². The van der Waals surface area contributed by atoms with Gasteiger partial charge < -0.3 is 19.7 Å². The first kappa shape index (κ1) is 22.0. The van der Waals surface area contributed by atoms with Crippen molar-refractivity contribution in [1.82, 2.24) is 5.32 Å². The van der Waals surface area contributed by atoms with Crippen molar-refractivity contribution in [3.05, 3.63) is 53.6 Å². The van der Waals surface area contributed by atoms with Crippen molar-refractivity contribution in [3.63, 3.8) is 0 Å². The van der Waals surface area contributed by atoms with Gasteiger partial charge in [0, 0.05) is 31.7 Å². The third kappa shape index (κ3) is 5.68. The Morgan fingerprint density at radius 1 is 1.03 bits per heavy atom. The number of anilines is 1. The average molecular weight is 411 g/mol. The van der Waals surface area contributed by atoms with Crippen LogP contribution in [0.5, 0.6) is 11.5 Å². The maximum Gasteiger partial charge on any atom is 0.220 e. The molecule has 3 rings (SSSR count). The minimum absolute atomic E-state index is 0.0308. The molecular weight excluding hydrogens is 376 g/mol. The second kappa shape index (κ2) is 10.9. The Morgan fingerprint density at radius 3 is 2.43 bits per heavy atom. The lowest BCUT2D eigenvalue weighted by Gasteiger charge is -2.33. The fraction of sp³-hybridized carbons (Fsp3) is 0.480. The van der Waals surface area contributed by atoms with Crippen molar-refractivity contribution in [3.8, 4) is 11.5 Å². The van der Waals surface area contributed by atoms with Crippen LogP contribution in [0, 0.1) is 0 Å². The highest BCUT2D eigenvalue weighted by atomic mass is 16.5. The number of rotatable bonds is 9. The van der Waals surface area contributed by atoms with Gasteiger partial charge in [-0.05, 0) is 48.6 Å². The first-order valence-corrected chi connectivity index (χ1v) is 10.9. The second-order valence-corrected chi connectivity index (χ2v) is 8.00. The fourth-order valence-electron chi connectivity index (χ4n) is 4.22. The average Bonchev–Trinajstić information content (AvgIpc) is 2.81. The predicted octanol–water partition coefficient (Wildman–Crippen LogP) is 4.72. The molecule has 1 N–H and O–H groups in total. The van der Waals surface area contributed by atoms with E-state index < -0.39 is 0 Å². The summed E-state index contributed by atoms with van der Waals surface area (Å²) in [5.41, 5.74) is 3.34. The quantitative estimate of drug-likeness (QED) is 0.650. The number of carbonyl (C=O) groups excluding carboxylic acids is 1. The molecule has 1 amide bonds. The van der Waals surface area contributed by atoms with E-state index in [1.807, 2.05) is 18.2 Å². The largest absolute Gasteiger partial charge is 0.493 e. The van der Waals surface area contributed by atoms with Gasteiger partial charge in [0.1, 0.15) is 0 Å². The molecule has 5 nitrogen and oxygen atoms in total. The number of nitrogens with zero attached hydrogens (tertiary/aromatic N) is 1. The van der Waals surface area contributed by atoms with Gasteiger partial charge in [-0.1, -0.05) is 43.5 Å². The zero-order valence-electron chi connectivity index (χ0n) is 18.4. The van der Waals surface area contributed by atoms with Gasteiger partial charge in [-0.15, -0.1) is 0 Å². The van der Waals surface area contributed by atoms with E-state index in [1.54, 1.807) is 14.2 Å². The Morgan fingerprint density at radius 2 is 1.77 bits per heavy atom. The molecule has 2 aromatic rings. The Labute approximate surface area is 180 Å². The molecule has 1 aliphatic carbocycles. The smallest absolute Gasteiger partial charge is 0.220 e. The molecule has 0 atom stereocenters. The van der Waals surface area contributed by atoms with Crippen molar-refractivity contribution >= 4 is 11.6 Å². The first-order chi connectivity index (χ1) is 14.6. The molecule has 0 heterocycles. The molecule has 2 aromatic carbocycles. The Balaban J connectivity index is 1.48. The molecule has 5 heteroatoms. The van der Waals surface area contributed by atoms with Crippen LogP contribution in [0.4, 0.5) is 5.69 Å². The van der Waals surface area contributed by atoms with Gasteiger partial charge in [-0.2, -0.15) is 0 Å². The zero-order chi connectivity index (χ0) is 21.3. The number of hydrogen-bond donors (Lipinski definition) is 1. The zero-order valence-corrected chi connectivity index (χ0v) is 18.4. The summed E-state index contributed by atoms with van der Waals surface area (Å²) in [5, 5.41) is 3.02. The van der Waals surface area contributed by atoms with E-state index in [-0.39, 0.29) is 5.91 Å². The number of hydrogen-bond acceptors (Lipinski definition) is 4. The number of aryl methyl sites for hydroxylation is 1. The SMILES string of the molecule is COc1cccc(CCC(=O)NCc2ccc(N(C)C3CCCCC3)cc2)c1OC. The Hall–Kier alpha value is -2.69. The fourth-order valence-corrected chi connectivity index (χ4v) is 4.22. The van der Waals surface area contributed by atoms with Crippen molar-refractivity contribution in [2.45, 2.75) is 57.5 Å². The van der Waals surface area contributed by atoms with E-state index in [4.69, 9.17) is 9.47 Å². The number of ether oxygens (including phenoxy) is 2. The predicted molar refractivity (Wildman–Crippen MR) is 121 cm³/mol. The summed E-state index contributed by atoms with van der Waals surface area (Å²) >= 11 is 0. The van der Waals surface area contributed by atoms with Gasteiger partial charge in [0.25, 0.3) is 0 Å². The molecule has 0 unspecified atom stereocenters. The van der Waals surface area contributed by atoms with E-state index in [0.29, 0.717) is 36.9 Å². The van der Waals surface area contributed by atoms with Gasteiger partial charge >= 0.3 is 0 Å². The lowest BCUT2D eigenvalue weighted by atomic mass is 9.94. The maximum absolute atomic E-state index is 12.3. The third-order valence-corrected chi connectivity index (χ3v) is 6.06. The van der Waals surface area contributed by atoms with Crippen LogP contribution < -0.4 is 19.7 Å². The van der Waals surface area contributed by atoms with E-state index in [9.17, 15) is 4.79 Å². The molecule has 0 aromatic heterocycles. The molecule has 0 saturated heterocycles. The number of benzene rings is 2. The van der Waals surface area contributed by atoms with Crippen molar-refractivity contribution in [1.29, 1.82) is 0 Å². The second-order valence-electron chi connectivity index (χ2n) is 8.00. The molecule has 1 saturated carbocycles. The lowest BCUT2D eigenvalue weighted by Crippen LogP contribution is -2.33. The summed E-state index contributed by atoms with van der Waals surface area (Å²) in [5.74, 6) is 1.42. The van der Waals surface area contributed by atoms with Crippen LogP contribution in [0.1, 0.15) is 49.7 Å². The highest BCUT2D eigenvalue weighted by Crippen LogP contribution is 2.31. The molecule has 30 heavy (non-hydrogen) atoms. The molecule has 1 fully saturated rings. The van der Waals surface area contributed by atoms with Crippen molar-refractivity contribution in [2.75, 3.05) is 26.2 Å². The standard InChI is InChI=1S/C25H34N2O3/c1-27(21-9-5-4-6-10-21)22-15-12-19(13-16-22)18-26-24(28)17-14-20-8-7-11-23(29-2)25(20)30-3/h7-8,11-13,15-16,21H,4-6,9-10,14,17-18H2,1-3H3,(H,26,28). The lowest BCUT2D eigenvalue weighted by molar-refractivity contribution is -0.121. The molecule has 1 aliphatic rings. The normalized spacial score (nSPS) is 14.2. The molecule has 0 bridgehead atoms. The summed E-state index contributed by atoms with van der Waals surface area (Å²) < 4.78 is 10.8. The number of nitrogens with one attached hydrogen (secondary N) is 1. The maximum atomic E-state index is 12.3. The molecule has 0 radical (unpaired) electrons.